The number of phenolic OH excluding ortho intramolecular Hbond substituents is 1. The molecule has 32 heavy (non-hydrogen) atoms. The van der Waals surface area contributed by atoms with Gasteiger partial charge in [-0.05, 0) is 51.8 Å². The first kappa shape index (κ1) is 22.6. The Kier molecular flexibility index (Phi) is 6.71. The molecule has 0 bridgehead atoms. The zero-order chi connectivity index (χ0) is 22.8. The fraction of sp³-hybridized carbons (Fsp3) is 0.273. The van der Waals surface area contributed by atoms with Crippen molar-refractivity contribution >= 4 is 44.4 Å². The van der Waals surface area contributed by atoms with Crippen LogP contribution in [-0.2, 0) is 16.1 Å². The van der Waals surface area contributed by atoms with Gasteiger partial charge in [-0.2, -0.15) is 0 Å². The molecule has 1 saturated heterocycles. The smallest absolute Gasteiger partial charge is 0.236 e. The van der Waals surface area contributed by atoms with Crippen LogP contribution in [0.1, 0.15) is 5.56 Å². The van der Waals surface area contributed by atoms with Gasteiger partial charge in [-0.15, -0.1) is 0 Å². The lowest BCUT2D eigenvalue weighted by Gasteiger charge is -2.26. The van der Waals surface area contributed by atoms with Gasteiger partial charge in [-0.1, -0.05) is 11.6 Å². The Morgan fingerprint density at radius 3 is 2.66 bits per heavy atom. The van der Waals surface area contributed by atoms with Crippen LogP contribution >= 0.6 is 27.5 Å². The number of fused-ring (bicyclic) bond motifs is 1. The lowest BCUT2D eigenvalue weighted by molar-refractivity contribution is -0.134. The van der Waals surface area contributed by atoms with E-state index < -0.39 is 11.2 Å². The van der Waals surface area contributed by atoms with Crippen LogP contribution in [0.15, 0.2) is 44.0 Å². The quantitative estimate of drug-likeness (QED) is 0.471. The van der Waals surface area contributed by atoms with Crippen molar-refractivity contribution in [1.82, 2.24) is 10.2 Å². The highest BCUT2D eigenvalue weighted by atomic mass is 79.9. The monoisotopic (exact) mass is 522 g/mol. The van der Waals surface area contributed by atoms with Crippen molar-refractivity contribution in [2.45, 2.75) is 6.54 Å². The summed E-state index contributed by atoms with van der Waals surface area (Å²) in [6.45, 7) is 2.76. The topological polar surface area (TPSA) is 112 Å². The van der Waals surface area contributed by atoms with E-state index in [1.54, 1.807) is 17.0 Å². The predicted octanol–water partition coefficient (Wildman–Crippen LogP) is 3.24. The van der Waals surface area contributed by atoms with Crippen LogP contribution in [0.3, 0.4) is 0 Å². The average Bonchev–Trinajstić information content (AvgIpc) is 2.79. The van der Waals surface area contributed by atoms with E-state index in [4.69, 9.17) is 20.8 Å². The van der Waals surface area contributed by atoms with Crippen LogP contribution in [0.4, 0.5) is 0 Å². The molecule has 1 aromatic heterocycles. The molecule has 2 aromatic carbocycles. The Morgan fingerprint density at radius 2 is 1.94 bits per heavy atom. The summed E-state index contributed by atoms with van der Waals surface area (Å²) in [7, 11) is 0. The summed E-state index contributed by atoms with van der Waals surface area (Å²) in [4.78, 5) is 26.9. The van der Waals surface area contributed by atoms with E-state index in [0.29, 0.717) is 42.9 Å². The van der Waals surface area contributed by atoms with Gasteiger partial charge in [0.1, 0.15) is 5.75 Å². The van der Waals surface area contributed by atoms with Crippen LogP contribution in [0.5, 0.6) is 11.5 Å². The maximum atomic E-state index is 12.9. The summed E-state index contributed by atoms with van der Waals surface area (Å²) in [5.74, 6) is -0.739. The van der Waals surface area contributed by atoms with E-state index in [9.17, 15) is 19.8 Å². The number of hydrogen-bond donors (Lipinski definition) is 3. The first-order valence-corrected chi connectivity index (χ1v) is 11.1. The zero-order valence-corrected chi connectivity index (χ0v) is 19.2. The zero-order valence-electron chi connectivity index (χ0n) is 16.9. The molecular weight excluding hydrogens is 504 g/mol. The minimum atomic E-state index is -0.600. The number of nitrogens with zero attached hydrogens (tertiary/aromatic N) is 1. The summed E-state index contributed by atoms with van der Waals surface area (Å²) in [5, 5.41) is 23.4. The van der Waals surface area contributed by atoms with Gasteiger partial charge in [-0.3, -0.25) is 9.59 Å². The van der Waals surface area contributed by atoms with Gasteiger partial charge in [0.25, 0.3) is 0 Å². The van der Waals surface area contributed by atoms with Gasteiger partial charge in [0.15, 0.2) is 11.3 Å². The molecule has 168 valence electrons. The number of halogens is 2. The maximum absolute atomic E-state index is 12.9. The average molecular weight is 524 g/mol. The predicted molar refractivity (Wildman–Crippen MR) is 123 cm³/mol. The molecule has 1 fully saturated rings. The highest BCUT2D eigenvalue weighted by Gasteiger charge is 2.19. The minimum Gasteiger partial charge on any atom is -0.506 e. The molecular formula is C22H20BrClN2O6. The van der Waals surface area contributed by atoms with Crippen LogP contribution < -0.4 is 10.7 Å². The third kappa shape index (κ3) is 4.61. The molecule has 10 heteroatoms. The normalized spacial score (nSPS) is 14.1. The number of benzene rings is 2. The SMILES string of the molecule is O=C(CNCc1cc(Br)c2oc(-c3ccc(O)c(Cl)c3)c(O)c(=O)c2c1)N1CCOCC1. The number of morpholine rings is 1. The lowest BCUT2D eigenvalue weighted by atomic mass is 10.1. The fourth-order valence-corrected chi connectivity index (χ4v) is 4.26. The number of ether oxygens (including phenoxy) is 1. The molecule has 3 aromatic rings. The van der Waals surface area contributed by atoms with Crippen LogP contribution in [0.25, 0.3) is 22.3 Å². The highest BCUT2D eigenvalue weighted by molar-refractivity contribution is 9.10. The molecule has 4 rings (SSSR count). The Balaban J connectivity index is 1.58. The van der Waals surface area contributed by atoms with Gasteiger partial charge in [0, 0.05) is 25.2 Å². The molecule has 0 aliphatic carbocycles. The van der Waals surface area contributed by atoms with E-state index in [1.807, 2.05) is 0 Å². The molecule has 3 N–H and O–H groups in total. The van der Waals surface area contributed by atoms with Crippen LogP contribution in [-0.4, -0.2) is 53.9 Å². The first-order chi connectivity index (χ1) is 15.3. The summed E-state index contributed by atoms with van der Waals surface area (Å²) < 4.78 is 11.6. The fourth-order valence-electron chi connectivity index (χ4n) is 3.49. The molecule has 1 aliphatic heterocycles. The molecule has 0 unspecified atom stereocenters. The summed E-state index contributed by atoms with van der Waals surface area (Å²) in [6, 6.07) is 7.64. The number of carbonyl (C=O) groups excluding carboxylic acids is 1. The van der Waals surface area contributed by atoms with Crippen molar-refractivity contribution in [3.8, 4) is 22.8 Å². The third-order valence-corrected chi connectivity index (χ3v) is 6.05. The minimum absolute atomic E-state index is 0.0116. The Bertz CT molecular complexity index is 1240. The van der Waals surface area contributed by atoms with E-state index in [0.717, 1.165) is 5.56 Å². The van der Waals surface area contributed by atoms with E-state index in [-0.39, 0.29) is 40.0 Å². The number of hydrogen-bond acceptors (Lipinski definition) is 7. The number of phenols is 1. The standard InChI is InChI=1S/C22H20BrClN2O6/c23-15-8-12(10-25-11-18(28)26-3-5-31-6-4-26)7-14-19(29)20(30)21(32-22(14)15)13-1-2-17(27)16(24)9-13/h1-2,7-9,25,27,30H,3-6,10-11H2. The number of amides is 1. The number of aromatic hydroxyl groups is 2. The van der Waals surface area contributed by atoms with Crippen LogP contribution in [0.2, 0.25) is 5.02 Å². The Labute approximate surface area is 196 Å². The van der Waals surface area contributed by atoms with Gasteiger partial charge >= 0.3 is 0 Å². The van der Waals surface area contributed by atoms with Gasteiger partial charge < -0.3 is 29.6 Å². The highest BCUT2D eigenvalue weighted by Crippen LogP contribution is 2.36. The third-order valence-electron chi connectivity index (χ3n) is 5.16. The first-order valence-electron chi connectivity index (χ1n) is 9.88. The van der Waals surface area contributed by atoms with E-state index in [2.05, 4.69) is 21.2 Å². The number of rotatable bonds is 5. The van der Waals surface area contributed by atoms with E-state index >= 15 is 0 Å². The molecule has 2 heterocycles. The second-order valence-electron chi connectivity index (χ2n) is 7.33. The second kappa shape index (κ2) is 9.50. The van der Waals surface area contributed by atoms with Crippen LogP contribution in [0, 0.1) is 0 Å². The van der Waals surface area contributed by atoms with Gasteiger partial charge in [0.2, 0.25) is 17.1 Å². The molecule has 1 aliphatic rings. The number of carbonyl (C=O) groups is 1. The van der Waals surface area contributed by atoms with Crippen molar-refractivity contribution < 1.29 is 24.2 Å². The summed E-state index contributed by atoms with van der Waals surface area (Å²) in [5.41, 5.74) is 0.757. The lowest BCUT2D eigenvalue weighted by Crippen LogP contribution is -2.44. The second-order valence-corrected chi connectivity index (χ2v) is 8.59. The molecule has 0 atom stereocenters. The molecule has 8 nitrogen and oxygen atoms in total. The molecule has 0 radical (unpaired) electrons. The van der Waals surface area contributed by atoms with Crippen molar-refractivity contribution in [1.29, 1.82) is 0 Å². The summed E-state index contributed by atoms with van der Waals surface area (Å²) >= 11 is 9.37. The van der Waals surface area contributed by atoms with Crippen molar-refractivity contribution in [2.75, 3.05) is 32.8 Å². The van der Waals surface area contributed by atoms with Crippen molar-refractivity contribution in [3.63, 3.8) is 0 Å². The van der Waals surface area contributed by atoms with Gasteiger partial charge in [0.05, 0.1) is 34.6 Å². The largest absolute Gasteiger partial charge is 0.506 e. The van der Waals surface area contributed by atoms with Crippen molar-refractivity contribution in [2.24, 2.45) is 0 Å². The van der Waals surface area contributed by atoms with E-state index in [1.165, 1.54) is 18.2 Å². The molecule has 0 spiro atoms. The molecule has 1 amide bonds. The Hall–Kier alpha value is -2.59. The summed E-state index contributed by atoms with van der Waals surface area (Å²) in [6.07, 6.45) is 0. The maximum Gasteiger partial charge on any atom is 0.236 e. The molecule has 0 saturated carbocycles. The van der Waals surface area contributed by atoms with Gasteiger partial charge in [-0.25, -0.2) is 0 Å². The van der Waals surface area contributed by atoms with Crippen molar-refractivity contribution in [3.05, 3.63) is 55.6 Å². The number of nitrogens with one attached hydrogen (secondary N) is 1. The Morgan fingerprint density at radius 1 is 1.19 bits per heavy atom.